The highest BCUT2D eigenvalue weighted by atomic mass is 15.3. The van der Waals surface area contributed by atoms with Crippen LogP contribution in [0.2, 0.25) is 0 Å². The molecule has 0 fully saturated rings. The summed E-state index contributed by atoms with van der Waals surface area (Å²) in [5.74, 6) is 0. The molecule has 0 aliphatic carbocycles. The number of aromatic nitrogens is 2. The second-order valence-corrected chi connectivity index (χ2v) is 6.32. The lowest BCUT2D eigenvalue weighted by atomic mass is 9.87. The van der Waals surface area contributed by atoms with E-state index in [1.807, 2.05) is 0 Å². The Morgan fingerprint density at radius 3 is 2.63 bits per heavy atom. The first-order valence-electron chi connectivity index (χ1n) is 7.72. The number of hydrogen-bond donors (Lipinski definition) is 1. The van der Waals surface area contributed by atoms with Gasteiger partial charge in [-0.25, -0.2) is 0 Å². The molecule has 0 bridgehead atoms. The van der Waals surface area contributed by atoms with E-state index in [1.165, 1.54) is 31.4 Å². The van der Waals surface area contributed by atoms with Crippen LogP contribution in [0.25, 0.3) is 0 Å². The van der Waals surface area contributed by atoms with E-state index in [9.17, 15) is 0 Å². The fraction of sp³-hybridized carbons (Fsp3) is 0.812. The number of unbranched alkanes of at least 4 members (excludes halogenated alkanes) is 2. The molecule has 1 rings (SSSR count). The number of nitrogens with zero attached hydrogens (tertiary/aromatic N) is 2. The molecular formula is C16H31N3. The van der Waals surface area contributed by atoms with Gasteiger partial charge >= 0.3 is 0 Å². The van der Waals surface area contributed by atoms with Crippen molar-refractivity contribution in [2.45, 2.75) is 73.4 Å². The second-order valence-electron chi connectivity index (χ2n) is 6.32. The second kappa shape index (κ2) is 7.68. The van der Waals surface area contributed by atoms with Gasteiger partial charge in [0.1, 0.15) is 0 Å². The highest BCUT2D eigenvalue weighted by Crippen LogP contribution is 2.22. The minimum Gasteiger partial charge on any atom is -0.311 e. The van der Waals surface area contributed by atoms with Crippen molar-refractivity contribution < 1.29 is 0 Å². The van der Waals surface area contributed by atoms with E-state index in [1.54, 1.807) is 0 Å². The zero-order valence-electron chi connectivity index (χ0n) is 13.4. The molecule has 0 spiro atoms. The number of nitrogens with one attached hydrogen (secondary N) is 1. The quantitative estimate of drug-likeness (QED) is 0.686. The van der Waals surface area contributed by atoms with Crippen molar-refractivity contribution in [3.63, 3.8) is 0 Å². The monoisotopic (exact) mass is 265 g/mol. The standard InChI is InChI=1S/C16H31N3/c1-6-8-9-10-16(4,5)13-17-12-15-11-14(3)18-19(15)7-2/h11,17H,6-10,12-13H2,1-5H3. The van der Waals surface area contributed by atoms with Crippen LogP contribution in [0.1, 0.15) is 64.8 Å². The summed E-state index contributed by atoms with van der Waals surface area (Å²) in [5, 5.41) is 8.08. The maximum absolute atomic E-state index is 4.48. The van der Waals surface area contributed by atoms with Crippen LogP contribution in [0.5, 0.6) is 0 Å². The largest absolute Gasteiger partial charge is 0.311 e. The summed E-state index contributed by atoms with van der Waals surface area (Å²) < 4.78 is 2.09. The topological polar surface area (TPSA) is 29.9 Å². The van der Waals surface area contributed by atoms with Crippen molar-refractivity contribution in [1.29, 1.82) is 0 Å². The Kier molecular flexibility index (Phi) is 6.56. The lowest BCUT2D eigenvalue weighted by molar-refractivity contribution is 0.300. The molecule has 1 N–H and O–H groups in total. The van der Waals surface area contributed by atoms with Crippen LogP contribution in [0.15, 0.2) is 6.07 Å². The predicted molar refractivity (Wildman–Crippen MR) is 82.3 cm³/mol. The summed E-state index contributed by atoms with van der Waals surface area (Å²) in [4.78, 5) is 0. The molecule has 0 unspecified atom stereocenters. The van der Waals surface area contributed by atoms with Gasteiger partial charge in [0.2, 0.25) is 0 Å². The summed E-state index contributed by atoms with van der Waals surface area (Å²) >= 11 is 0. The Labute approximate surface area is 118 Å². The minimum absolute atomic E-state index is 0.390. The maximum atomic E-state index is 4.48. The van der Waals surface area contributed by atoms with E-state index in [4.69, 9.17) is 0 Å². The van der Waals surface area contributed by atoms with Crippen LogP contribution < -0.4 is 5.32 Å². The Balaban J connectivity index is 2.36. The molecule has 0 aromatic carbocycles. The Bertz CT molecular complexity index is 366. The maximum Gasteiger partial charge on any atom is 0.0597 e. The molecule has 1 heterocycles. The molecule has 0 saturated heterocycles. The van der Waals surface area contributed by atoms with Crippen LogP contribution in [-0.4, -0.2) is 16.3 Å². The Hall–Kier alpha value is -0.830. The lowest BCUT2D eigenvalue weighted by Gasteiger charge is -2.25. The average molecular weight is 265 g/mol. The van der Waals surface area contributed by atoms with Crippen molar-refractivity contribution in [2.75, 3.05) is 6.54 Å². The third kappa shape index (κ3) is 5.77. The van der Waals surface area contributed by atoms with Crippen molar-refractivity contribution in [3.8, 4) is 0 Å². The van der Waals surface area contributed by atoms with Gasteiger partial charge in [-0.15, -0.1) is 0 Å². The summed E-state index contributed by atoms with van der Waals surface area (Å²) in [6.45, 7) is 14.1. The summed E-state index contributed by atoms with van der Waals surface area (Å²) in [6.07, 6.45) is 5.31. The van der Waals surface area contributed by atoms with E-state index in [2.05, 4.69) is 55.8 Å². The lowest BCUT2D eigenvalue weighted by Crippen LogP contribution is -2.29. The molecule has 110 valence electrons. The number of hydrogen-bond acceptors (Lipinski definition) is 2. The molecule has 0 aliphatic heterocycles. The fourth-order valence-corrected chi connectivity index (χ4v) is 2.49. The molecular weight excluding hydrogens is 234 g/mol. The van der Waals surface area contributed by atoms with E-state index >= 15 is 0 Å². The smallest absolute Gasteiger partial charge is 0.0597 e. The molecule has 0 aliphatic rings. The first-order valence-corrected chi connectivity index (χ1v) is 7.72. The van der Waals surface area contributed by atoms with E-state index in [0.29, 0.717) is 5.41 Å². The summed E-state index contributed by atoms with van der Waals surface area (Å²) in [7, 11) is 0. The molecule has 19 heavy (non-hydrogen) atoms. The van der Waals surface area contributed by atoms with Gasteiger partial charge in [-0.1, -0.05) is 40.0 Å². The number of rotatable bonds is 9. The van der Waals surface area contributed by atoms with Gasteiger partial charge < -0.3 is 5.32 Å². The fourth-order valence-electron chi connectivity index (χ4n) is 2.49. The molecule has 0 atom stereocenters. The van der Waals surface area contributed by atoms with Crippen molar-refractivity contribution >= 4 is 0 Å². The predicted octanol–water partition coefficient (Wildman–Crippen LogP) is 3.91. The zero-order chi connectivity index (χ0) is 14.3. The molecule has 1 aromatic heterocycles. The SMILES string of the molecule is CCCCCC(C)(C)CNCc1cc(C)nn1CC. The van der Waals surface area contributed by atoms with E-state index < -0.39 is 0 Å². The zero-order valence-corrected chi connectivity index (χ0v) is 13.4. The van der Waals surface area contributed by atoms with Crippen LogP contribution in [0.3, 0.4) is 0 Å². The molecule has 0 amide bonds. The summed E-state index contributed by atoms with van der Waals surface area (Å²) in [6, 6.07) is 2.18. The first kappa shape index (κ1) is 16.2. The van der Waals surface area contributed by atoms with Gasteiger partial charge in [-0.05, 0) is 31.7 Å². The van der Waals surface area contributed by atoms with Crippen LogP contribution in [0.4, 0.5) is 0 Å². The van der Waals surface area contributed by atoms with Gasteiger partial charge in [-0.3, -0.25) is 4.68 Å². The van der Waals surface area contributed by atoms with Gasteiger partial charge in [0.05, 0.1) is 11.4 Å². The highest BCUT2D eigenvalue weighted by molar-refractivity contribution is 5.08. The Morgan fingerprint density at radius 1 is 1.26 bits per heavy atom. The molecule has 3 heteroatoms. The van der Waals surface area contributed by atoms with Crippen molar-refractivity contribution in [2.24, 2.45) is 5.41 Å². The highest BCUT2D eigenvalue weighted by Gasteiger charge is 2.16. The molecule has 3 nitrogen and oxygen atoms in total. The van der Waals surface area contributed by atoms with Gasteiger partial charge in [0.15, 0.2) is 0 Å². The van der Waals surface area contributed by atoms with Crippen molar-refractivity contribution in [1.82, 2.24) is 15.1 Å². The molecule has 0 radical (unpaired) electrons. The third-order valence-electron chi connectivity index (χ3n) is 3.65. The summed E-state index contributed by atoms with van der Waals surface area (Å²) in [5.41, 5.74) is 2.80. The van der Waals surface area contributed by atoms with E-state index in [0.717, 1.165) is 25.3 Å². The molecule has 0 saturated carbocycles. The Morgan fingerprint density at radius 2 is 2.00 bits per heavy atom. The first-order chi connectivity index (χ1) is 8.98. The average Bonchev–Trinajstić information content (AvgIpc) is 2.69. The third-order valence-corrected chi connectivity index (χ3v) is 3.65. The van der Waals surface area contributed by atoms with Gasteiger partial charge in [0, 0.05) is 19.6 Å². The van der Waals surface area contributed by atoms with Crippen LogP contribution >= 0.6 is 0 Å². The minimum atomic E-state index is 0.390. The van der Waals surface area contributed by atoms with Gasteiger partial charge in [-0.2, -0.15) is 5.10 Å². The number of aryl methyl sites for hydroxylation is 2. The van der Waals surface area contributed by atoms with Crippen LogP contribution in [0, 0.1) is 12.3 Å². The molecule has 1 aromatic rings. The van der Waals surface area contributed by atoms with Crippen LogP contribution in [-0.2, 0) is 13.1 Å². The van der Waals surface area contributed by atoms with Crippen molar-refractivity contribution in [3.05, 3.63) is 17.5 Å². The van der Waals surface area contributed by atoms with E-state index in [-0.39, 0.29) is 0 Å². The normalized spacial score (nSPS) is 12.1. The van der Waals surface area contributed by atoms with Gasteiger partial charge in [0.25, 0.3) is 0 Å².